The molecule has 2 N–H and O–H groups in total. The zero-order valence-electron chi connectivity index (χ0n) is 11.0. The summed E-state index contributed by atoms with van der Waals surface area (Å²) in [5, 5.41) is 20.5. The molecule has 3 rings (SSSR count). The summed E-state index contributed by atoms with van der Waals surface area (Å²) >= 11 is 0. The number of benzene rings is 1. The van der Waals surface area contributed by atoms with Gasteiger partial charge >= 0.3 is 0 Å². The maximum absolute atomic E-state index is 10.2. The molecule has 1 aromatic heterocycles. The number of nitrogens with zero attached hydrogens (tertiary/aromatic N) is 1. The van der Waals surface area contributed by atoms with E-state index in [0.717, 1.165) is 43.2 Å². The standard InChI is InChI=1S/C16H19NO2/c18-15-13-8-4-5-9-14(13)16(19)17(15)11-10-12-6-2-1-3-7-12/h1-3,6-7,18-19H,4-5,8-11H2. The summed E-state index contributed by atoms with van der Waals surface area (Å²) in [6, 6.07) is 10.1. The minimum atomic E-state index is 0.267. The summed E-state index contributed by atoms with van der Waals surface area (Å²) in [5.74, 6) is 0.534. The molecule has 0 radical (unpaired) electrons. The van der Waals surface area contributed by atoms with Gasteiger partial charge in [-0.15, -0.1) is 0 Å². The van der Waals surface area contributed by atoms with Gasteiger partial charge in [0.1, 0.15) is 0 Å². The van der Waals surface area contributed by atoms with E-state index in [4.69, 9.17) is 0 Å². The van der Waals surface area contributed by atoms with Crippen molar-refractivity contribution >= 4 is 0 Å². The van der Waals surface area contributed by atoms with Crippen LogP contribution in [0.3, 0.4) is 0 Å². The highest BCUT2D eigenvalue weighted by molar-refractivity contribution is 5.46. The maximum Gasteiger partial charge on any atom is 0.197 e. The number of fused-ring (bicyclic) bond motifs is 1. The Morgan fingerprint density at radius 3 is 2.05 bits per heavy atom. The first-order valence-electron chi connectivity index (χ1n) is 6.93. The molecule has 0 atom stereocenters. The Morgan fingerprint density at radius 1 is 0.895 bits per heavy atom. The normalized spacial score (nSPS) is 14.3. The van der Waals surface area contributed by atoms with Gasteiger partial charge in [0.15, 0.2) is 11.8 Å². The van der Waals surface area contributed by atoms with Crippen molar-refractivity contribution in [3.63, 3.8) is 0 Å². The Bertz CT molecular complexity index is 543. The maximum atomic E-state index is 10.2. The topological polar surface area (TPSA) is 45.4 Å². The quantitative estimate of drug-likeness (QED) is 0.887. The number of aromatic hydroxyl groups is 2. The van der Waals surface area contributed by atoms with Gasteiger partial charge in [-0.2, -0.15) is 0 Å². The van der Waals surface area contributed by atoms with Gasteiger partial charge in [-0.1, -0.05) is 30.3 Å². The fourth-order valence-corrected chi connectivity index (χ4v) is 2.92. The van der Waals surface area contributed by atoms with Crippen molar-refractivity contribution < 1.29 is 10.2 Å². The van der Waals surface area contributed by atoms with E-state index in [-0.39, 0.29) is 11.8 Å². The van der Waals surface area contributed by atoms with Crippen LogP contribution in [0.5, 0.6) is 11.8 Å². The molecular weight excluding hydrogens is 238 g/mol. The van der Waals surface area contributed by atoms with Crippen LogP contribution in [0, 0.1) is 0 Å². The first-order valence-corrected chi connectivity index (χ1v) is 6.93. The molecule has 1 heterocycles. The first-order chi connectivity index (χ1) is 9.27. The Balaban J connectivity index is 1.83. The van der Waals surface area contributed by atoms with Crippen LogP contribution in [0.1, 0.15) is 29.5 Å². The lowest BCUT2D eigenvalue weighted by Gasteiger charge is -2.09. The third-order valence-corrected chi connectivity index (χ3v) is 3.99. The van der Waals surface area contributed by atoms with Crippen molar-refractivity contribution in [3.8, 4) is 11.8 Å². The minimum absolute atomic E-state index is 0.267. The van der Waals surface area contributed by atoms with Crippen LogP contribution in [-0.2, 0) is 25.8 Å². The van der Waals surface area contributed by atoms with Crippen LogP contribution < -0.4 is 0 Å². The highest BCUT2D eigenvalue weighted by Crippen LogP contribution is 2.38. The second kappa shape index (κ2) is 5.00. The fraction of sp³-hybridized carbons (Fsp3) is 0.375. The number of hydrogen-bond donors (Lipinski definition) is 2. The molecule has 1 aliphatic carbocycles. The molecule has 0 amide bonds. The average molecular weight is 257 g/mol. The third-order valence-electron chi connectivity index (χ3n) is 3.99. The molecule has 3 heteroatoms. The summed E-state index contributed by atoms with van der Waals surface area (Å²) < 4.78 is 1.66. The van der Waals surface area contributed by atoms with Gasteiger partial charge in [0, 0.05) is 17.7 Å². The highest BCUT2D eigenvalue weighted by Gasteiger charge is 2.23. The molecular formula is C16H19NO2. The van der Waals surface area contributed by atoms with E-state index in [1.807, 2.05) is 18.2 Å². The Morgan fingerprint density at radius 2 is 1.47 bits per heavy atom. The van der Waals surface area contributed by atoms with Gasteiger partial charge in [-0.3, -0.25) is 4.57 Å². The number of aromatic nitrogens is 1. The summed E-state index contributed by atoms with van der Waals surface area (Å²) in [4.78, 5) is 0. The van der Waals surface area contributed by atoms with E-state index >= 15 is 0 Å². The SMILES string of the molecule is Oc1c2c(c(O)n1CCc1ccccc1)CCCC2. The van der Waals surface area contributed by atoms with Gasteiger partial charge in [-0.05, 0) is 37.7 Å². The van der Waals surface area contributed by atoms with E-state index in [1.165, 1.54) is 5.56 Å². The van der Waals surface area contributed by atoms with E-state index < -0.39 is 0 Å². The molecule has 3 nitrogen and oxygen atoms in total. The average Bonchev–Trinajstić information content (AvgIpc) is 2.71. The third kappa shape index (κ3) is 2.21. The molecule has 0 spiro atoms. The van der Waals surface area contributed by atoms with Gasteiger partial charge in [0.2, 0.25) is 0 Å². The molecule has 1 aromatic carbocycles. The zero-order chi connectivity index (χ0) is 13.2. The fourth-order valence-electron chi connectivity index (χ4n) is 2.92. The predicted molar refractivity (Wildman–Crippen MR) is 74.5 cm³/mol. The van der Waals surface area contributed by atoms with Crippen molar-refractivity contribution in [2.24, 2.45) is 0 Å². The minimum Gasteiger partial charge on any atom is -0.494 e. The lowest BCUT2D eigenvalue weighted by Crippen LogP contribution is -2.00. The van der Waals surface area contributed by atoms with Crippen LogP contribution in [-0.4, -0.2) is 14.8 Å². The lowest BCUT2D eigenvalue weighted by molar-refractivity contribution is 0.365. The number of rotatable bonds is 3. The molecule has 100 valence electrons. The van der Waals surface area contributed by atoms with Gasteiger partial charge < -0.3 is 10.2 Å². The van der Waals surface area contributed by atoms with E-state index in [2.05, 4.69) is 12.1 Å². The van der Waals surface area contributed by atoms with Crippen LogP contribution in [0.15, 0.2) is 30.3 Å². The van der Waals surface area contributed by atoms with Gasteiger partial charge in [0.25, 0.3) is 0 Å². The molecule has 0 bridgehead atoms. The van der Waals surface area contributed by atoms with E-state index in [1.54, 1.807) is 4.57 Å². The predicted octanol–water partition coefficient (Wildman–Crippen LogP) is 3.02. The second-order valence-corrected chi connectivity index (χ2v) is 5.20. The number of aryl methyl sites for hydroxylation is 1. The van der Waals surface area contributed by atoms with Crippen LogP contribution >= 0.6 is 0 Å². The van der Waals surface area contributed by atoms with E-state index in [0.29, 0.717) is 6.54 Å². The molecule has 0 saturated carbocycles. The summed E-state index contributed by atoms with van der Waals surface area (Å²) in [7, 11) is 0. The van der Waals surface area contributed by atoms with Crippen molar-refractivity contribution in [1.29, 1.82) is 0 Å². The van der Waals surface area contributed by atoms with Crippen molar-refractivity contribution in [3.05, 3.63) is 47.0 Å². The molecule has 0 fully saturated rings. The molecule has 0 aliphatic heterocycles. The van der Waals surface area contributed by atoms with Crippen molar-refractivity contribution in [1.82, 2.24) is 4.57 Å². The number of hydrogen-bond acceptors (Lipinski definition) is 2. The highest BCUT2D eigenvalue weighted by atomic mass is 16.3. The molecule has 2 aromatic rings. The van der Waals surface area contributed by atoms with Gasteiger partial charge in [-0.25, -0.2) is 0 Å². The largest absolute Gasteiger partial charge is 0.494 e. The second-order valence-electron chi connectivity index (χ2n) is 5.20. The monoisotopic (exact) mass is 257 g/mol. The Labute approximate surface area is 113 Å². The van der Waals surface area contributed by atoms with Crippen LogP contribution in [0.4, 0.5) is 0 Å². The van der Waals surface area contributed by atoms with E-state index in [9.17, 15) is 10.2 Å². The molecule has 1 aliphatic rings. The Hall–Kier alpha value is -1.90. The first kappa shape index (κ1) is 12.2. The van der Waals surface area contributed by atoms with Crippen molar-refractivity contribution in [2.75, 3.05) is 0 Å². The summed E-state index contributed by atoms with van der Waals surface area (Å²) in [5.41, 5.74) is 3.13. The van der Waals surface area contributed by atoms with Gasteiger partial charge in [0.05, 0.1) is 0 Å². The van der Waals surface area contributed by atoms with Crippen molar-refractivity contribution in [2.45, 2.75) is 38.6 Å². The molecule has 0 unspecified atom stereocenters. The van der Waals surface area contributed by atoms with Crippen LogP contribution in [0.2, 0.25) is 0 Å². The molecule has 19 heavy (non-hydrogen) atoms. The smallest absolute Gasteiger partial charge is 0.197 e. The van der Waals surface area contributed by atoms with Crippen LogP contribution in [0.25, 0.3) is 0 Å². The zero-order valence-corrected chi connectivity index (χ0v) is 11.0. The lowest BCUT2D eigenvalue weighted by atomic mass is 9.95. The Kier molecular flexibility index (Phi) is 3.20. The summed E-state index contributed by atoms with van der Waals surface area (Å²) in [6.07, 6.45) is 4.78. The summed E-state index contributed by atoms with van der Waals surface area (Å²) in [6.45, 7) is 0.620. The molecule has 0 saturated heterocycles.